The van der Waals surface area contributed by atoms with Crippen molar-refractivity contribution in [3.63, 3.8) is 0 Å². The van der Waals surface area contributed by atoms with Crippen LogP contribution in [0.2, 0.25) is 0 Å². The second-order valence-electron chi connectivity index (χ2n) is 4.00. The highest BCUT2D eigenvalue weighted by atomic mass is 16.6. The van der Waals surface area contributed by atoms with Crippen LogP contribution < -0.4 is 0 Å². The highest BCUT2D eigenvalue weighted by Gasteiger charge is 2.43. The van der Waals surface area contributed by atoms with Gasteiger partial charge in [-0.15, -0.1) is 0 Å². The Balaban J connectivity index is 1.78. The normalized spacial score (nSPS) is 36.8. The zero-order valence-electron chi connectivity index (χ0n) is 7.52. The summed E-state index contributed by atoms with van der Waals surface area (Å²) in [4.78, 5) is 4.04. The van der Waals surface area contributed by atoms with E-state index in [4.69, 9.17) is 4.74 Å². The van der Waals surface area contributed by atoms with Gasteiger partial charge in [-0.05, 0) is 42.9 Å². The minimum absolute atomic E-state index is 0.576. The lowest BCUT2D eigenvalue weighted by Crippen LogP contribution is -2.11. The number of rotatable bonds is 1. The molecule has 2 heteroatoms. The fourth-order valence-corrected chi connectivity index (χ4v) is 2.34. The van der Waals surface area contributed by atoms with Crippen LogP contribution in [-0.4, -0.2) is 17.2 Å². The predicted molar refractivity (Wildman–Crippen MR) is 49.5 cm³/mol. The first kappa shape index (κ1) is 7.51. The number of hydrogen-bond acceptors (Lipinski definition) is 2. The summed E-state index contributed by atoms with van der Waals surface area (Å²) in [5, 5.41) is 0. The Labute approximate surface area is 77.9 Å². The third kappa shape index (κ3) is 1.35. The van der Waals surface area contributed by atoms with Gasteiger partial charge in [-0.2, -0.15) is 0 Å². The molecule has 1 aromatic rings. The molecule has 2 heterocycles. The molecular formula is C11H13NO. The van der Waals surface area contributed by atoms with E-state index in [1.54, 1.807) is 0 Å². The third-order valence-corrected chi connectivity index (χ3v) is 3.18. The molecule has 1 aliphatic carbocycles. The monoisotopic (exact) mass is 175 g/mol. The summed E-state index contributed by atoms with van der Waals surface area (Å²) in [6, 6.07) is 4.26. The molecule has 68 valence electrons. The summed E-state index contributed by atoms with van der Waals surface area (Å²) in [5.41, 5.74) is 1.43. The molecule has 1 saturated carbocycles. The van der Waals surface area contributed by atoms with Crippen molar-refractivity contribution in [3.8, 4) is 0 Å². The molecule has 2 fully saturated rings. The van der Waals surface area contributed by atoms with E-state index >= 15 is 0 Å². The molecule has 2 nitrogen and oxygen atoms in total. The number of hydrogen-bond donors (Lipinski definition) is 0. The molecule has 2 aliphatic rings. The highest BCUT2D eigenvalue weighted by molar-refractivity contribution is 5.18. The van der Waals surface area contributed by atoms with Gasteiger partial charge in [-0.25, -0.2) is 0 Å². The van der Waals surface area contributed by atoms with Gasteiger partial charge >= 0.3 is 0 Å². The van der Waals surface area contributed by atoms with Crippen molar-refractivity contribution >= 4 is 0 Å². The molecule has 0 spiro atoms. The minimum atomic E-state index is 0.576. The molecule has 3 unspecified atom stereocenters. The molecule has 3 atom stereocenters. The van der Waals surface area contributed by atoms with E-state index in [0.717, 1.165) is 0 Å². The van der Waals surface area contributed by atoms with Crippen molar-refractivity contribution in [2.24, 2.45) is 0 Å². The zero-order valence-corrected chi connectivity index (χ0v) is 7.52. The van der Waals surface area contributed by atoms with E-state index in [-0.39, 0.29) is 0 Å². The fraction of sp³-hybridized carbons (Fsp3) is 0.545. The van der Waals surface area contributed by atoms with Crippen LogP contribution in [0.25, 0.3) is 0 Å². The number of ether oxygens (including phenoxy) is 1. The first-order chi connectivity index (χ1) is 6.43. The Kier molecular flexibility index (Phi) is 1.62. The minimum Gasteiger partial charge on any atom is -0.370 e. The third-order valence-electron chi connectivity index (χ3n) is 3.18. The maximum Gasteiger partial charge on any atom is 0.0847 e. The van der Waals surface area contributed by atoms with E-state index in [1.165, 1.54) is 24.8 Å². The largest absolute Gasteiger partial charge is 0.370 e. The van der Waals surface area contributed by atoms with Crippen molar-refractivity contribution in [1.82, 2.24) is 4.98 Å². The van der Waals surface area contributed by atoms with Gasteiger partial charge in [0.25, 0.3) is 0 Å². The summed E-state index contributed by atoms with van der Waals surface area (Å²) in [7, 11) is 0. The maximum atomic E-state index is 5.51. The van der Waals surface area contributed by atoms with Gasteiger partial charge in [0.2, 0.25) is 0 Å². The van der Waals surface area contributed by atoms with Crippen molar-refractivity contribution in [1.29, 1.82) is 0 Å². The molecule has 1 saturated heterocycles. The molecule has 1 aliphatic heterocycles. The van der Waals surface area contributed by atoms with Crippen LogP contribution in [0.15, 0.2) is 24.5 Å². The van der Waals surface area contributed by atoms with Crippen LogP contribution in [0.1, 0.15) is 30.7 Å². The maximum absolute atomic E-state index is 5.51. The second kappa shape index (κ2) is 2.81. The van der Waals surface area contributed by atoms with Crippen molar-refractivity contribution < 1.29 is 4.74 Å². The van der Waals surface area contributed by atoms with Crippen LogP contribution in [0.3, 0.4) is 0 Å². The van der Waals surface area contributed by atoms with Crippen molar-refractivity contribution in [3.05, 3.63) is 30.1 Å². The Morgan fingerprint density at radius 3 is 2.77 bits per heavy atom. The lowest BCUT2D eigenvalue weighted by molar-refractivity contribution is 0.371. The highest BCUT2D eigenvalue weighted by Crippen LogP contribution is 2.43. The first-order valence-electron chi connectivity index (χ1n) is 4.99. The van der Waals surface area contributed by atoms with Gasteiger partial charge in [0.1, 0.15) is 0 Å². The van der Waals surface area contributed by atoms with Crippen molar-refractivity contribution in [2.75, 3.05) is 0 Å². The number of fused-ring (bicyclic) bond motifs is 1. The summed E-state index contributed by atoms with van der Waals surface area (Å²) in [6.07, 6.45) is 8.70. The molecule has 3 rings (SSSR count). The average Bonchev–Trinajstić information content (AvgIpc) is 2.96. The van der Waals surface area contributed by atoms with E-state index in [9.17, 15) is 0 Å². The van der Waals surface area contributed by atoms with E-state index in [0.29, 0.717) is 18.1 Å². The summed E-state index contributed by atoms with van der Waals surface area (Å²) >= 11 is 0. The van der Waals surface area contributed by atoms with Gasteiger partial charge in [0.05, 0.1) is 12.2 Å². The van der Waals surface area contributed by atoms with Crippen LogP contribution in [-0.2, 0) is 4.74 Å². The molecular weight excluding hydrogens is 162 g/mol. The topological polar surface area (TPSA) is 25.4 Å². The van der Waals surface area contributed by atoms with E-state index < -0.39 is 0 Å². The molecule has 0 radical (unpaired) electrons. The zero-order chi connectivity index (χ0) is 8.67. The van der Waals surface area contributed by atoms with Crippen LogP contribution in [0, 0.1) is 0 Å². The SMILES string of the molecule is c1cc(C2CCC3OC3C2)ccn1. The standard InChI is InChI=1S/C11H13NO/c1-2-10-11(13-10)7-9(1)8-3-5-12-6-4-8/h3-6,9-11H,1-2,7H2. The Morgan fingerprint density at radius 2 is 2.00 bits per heavy atom. The molecule has 0 N–H and O–H groups in total. The van der Waals surface area contributed by atoms with Gasteiger partial charge in [0, 0.05) is 12.4 Å². The Hall–Kier alpha value is -0.890. The average molecular weight is 175 g/mol. The predicted octanol–water partition coefficient (Wildman–Crippen LogP) is 2.12. The van der Waals surface area contributed by atoms with Crippen LogP contribution in [0.5, 0.6) is 0 Å². The number of nitrogens with zero attached hydrogens (tertiary/aromatic N) is 1. The lowest BCUT2D eigenvalue weighted by Gasteiger charge is -2.18. The van der Waals surface area contributed by atoms with Crippen molar-refractivity contribution in [2.45, 2.75) is 37.4 Å². The number of aromatic nitrogens is 1. The van der Waals surface area contributed by atoms with Gasteiger partial charge in [0.15, 0.2) is 0 Å². The molecule has 1 aromatic heterocycles. The van der Waals surface area contributed by atoms with Gasteiger partial charge in [-0.3, -0.25) is 4.98 Å². The van der Waals surface area contributed by atoms with Crippen LogP contribution in [0.4, 0.5) is 0 Å². The summed E-state index contributed by atoms with van der Waals surface area (Å²) < 4.78 is 5.51. The summed E-state index contributed by atoms with van der Waals surface area (Å²) in [6.45, 7) is 0. The van der Waals surface area contributed by atoms with Crippen LogP contribution >= 0.6 is 0 Å². The first-order valence-corrected chi connectivity index (χ1v) is 4.99. The molecule has 0 amide bonds. The van der Waals surface area contributed by atoms with E-state index in [2.05, 4.69) is 17.1 Å². The number of epoxide rings is 1. The van der Waals surface area contributed by atoms with Gasteiger partial charge < -0.3 is 4.74 Å². The fourth-order valence-electron chi connectivity index (χ4n) is 2.34. The number of pyridine rings is 1. The second-order valence-corrected chi connectivity index (χ2v) is 4.00. The molecule has 0 aromatic carbocycles. The quantitative estimate of drug-likeness (QED) is 0.611. The molecule has 13 heavy (non-hydrogen) atoms. The van der Waals surface area contributed by atoms with E-state index in [1.807, 2.05) is 12.4 Å². The molecule has 0 bridgehead atoms. The van der Waals surface area contributed by atoms with Gasteiger partial charge in [-0.1, -0.05) is 0 Å². The Bertz CT molecular complexity index is 298. The lowest BCUT2D eigenvalue weighted by atomic mass is 9.85. The Morgan fingerprint density at radius 1 is 1.15 bits per heavy atom. The summed E-state index contributed by atoms with van der Waals surface area (Å²) in [5.74, 6) is 0.715. The smallest absolute Gasteiger partial charge is 0.0847 e.